The van der Waals surface area contributed by atoms with Crippen molar-refractivity contribution >= 4 is 153 Å². The van der Waals surface area contributed by atoms with E-state index in [1.165, 1.54) is 83.5 Å². The maximum absolute atomic E-state index is 2.64. The fraction of sp³-hybridized carbons (Fsp3) is 0.0244. The minimum atomic E-state index is -0.871. The van der Waals surface area contributed by atoms with Crippen LogP contribution in [0, 0.1) is 0 Å². The van der Waals surface area contributed by atoms with Crippen LogP contribution in [0.4, 0.5) is 66.9 Å². The van der Waals surface area contributed by atoms with E-state index in [0.717, 1.165) is 66.9 Å². The zero-order valence-electron chi connectivity index (χ0n) is 48.4. The van der Waals surface area contributed by atoms with E-state index in [-0.39, 0.29) is 0 Å². The zero-order valence-corrected chi connectivity index (χ0v) is 51.7. The van der Waals surface area contributed by atoms with Crippen LogP contribution in [0.25, 0.3) is 40.3 Å². The molecule has 16 aromatic rings. The summed E-state index contributed by atoms with van der Waals surface area (Å²) in [5.74, 6) is 0. The first kappa shape index (κ1) is 51.7. The summed E-state index contributed by atoms with van der Waals surface area (Å²) in [7, 11) is 0. The number of fused-ring (bicyclic) bond motifs is 20. The lowest BCUT2D eigenvalue weighted by atomic mass is 9.53. The lowest BCUT2D eigenvalue weighted by molar-refractivity contribution is 0.634. The third-order valence-electron chi connectivity index (χ3n) is 18.9. The number of nitrogens with zero attached hydrogens (tertiary/aromatic N) is 4. The normalized spacial score (nSPS) is 13.9. The highest BCUT2D eigenvalue weighted by molar-refractivity contribution is 7.27. The largest absolute Gasteiger partial charge is 0.310 e. The first-order chi connectivity index (χ1) is 44.7. The number of anilines is 12. The highest BCUT2D eigenvalue weighted by Crippen LogP contribution is 2.72. The summed E-state index contributed by atoms with van der Waals surface area (Å²) in [5, 5.41) is 7.38. The van der Waals surface area contributed by atoms with Gasteiger partial charge in [-0.15, -0.1) is 45.3 Å². The van der Waals surface area contributed by atoms with E-state index in [2.05, 4.69) is 335 Å². The van der Waals surface area contributed by atoms with E-state index >= 15 is 0 Å². The minimum Gasteiger partial charge on any atom is -0.310 e. The smallest absolute Gasteiger partial charge is 0.101 e. The van der Waals surface area contributed by atoms with Crippen molar-refractivity contribution in [1.29, 1.82) is 0 Å². The first-order valence-corrected chi connectivity index (χ1v) is 33.8. The van der Waals surface area contributed by atoms with Gasteiger partial charge in [-0.3, -0.25) is 0 Å². The summed E-state index contributed by atoms with van der Waals surface area (Å²) in [5.41, 5.74) is 17.1. The highest BCUT2D eigenvalue weighted by atomic mass is 32.1. The number of benzene rings is 12. The molecule has 2 aliphatic heterocycles. The van der Waals surface area contributed by atoms with E-state index in [9.17, 15) is 0 Å². The van der Waals surface area contributed by atoms with Gasteiger partial charge in [-0.1, -0.05) is 206 Å². The third-order valence-corrected chi connectivity index (χ3v) is 23.8. The Morgan fingerprint density at radius 3 is 0.944 bits per heavy atom. The third kappa shape index (κ3) is 7.21. The van der Waals surface area contributed by atoms with Gasteiger partial charge in [0.15, 0.2) is 0 Å². The predicted molar refractivity (Wildman–Crippen MR) is 384 cm³/mol. The van der Waals surface area contributed by atoms with E-state index in [0.29, 0.717) is 0 Å². The lowest BCUT2D eigenvalue weighted by Gasteiger charge is -2.53. The summed E-state index contributed by atoms with van der Waals surface area (Å²) in [6.45, 7) is 0. The summed E-state index contributed by atoms with van der Waals surface area (Å²) in [4.78, 5) is 12.8. The molecule has 0 N–H and O–H groups in total. The molecule has 12 aromatic carbocycles. The molecule has 424 valence electrons. The number of rotatable bonds is 8. The maximum Gasteiger partial charge on any atom is 0.101 e. The van der Waals surface area contributed by atoms with Crippen molar-refractivity contribution in [2.24, 2.45) is 0 Å². The fourth-order valence-corrected chi connectivity index (χ4v) is 20.7. The van der Waals surface area contributed by atoms with Crippen molar-refractivity contribution in [1.82, 2.24) is 0 Å². The topological polar surface area (TPSA) is 13.0 Å². The van der Waals surface area contributed by atoms with E-state index < -0.39 is 10.8 Å². The van der Waals surface area contributed by atoms with Gasteiger partial charge in [0, 0.05) is 63.4 Å². The number of hydrogen-bond donors (Lipinski definition) is 0. The predicted octanol–water partition coefficient (Wildman–Crippen LogP) is 24.1. The van der Waals surface area contributed by atoms with Crippen LogP contribution >= 0.6 is 45.3 Å². The summed E-state index contributed by atoms with van der Waals surface area (Å²) in [6, 6.07) is 118. The van der Waals surface area contributed by atoms with Crippen LogP contribution in [0.1, 0.15) is 43.1 Å². The molecule has 0 amide bonds. The van der Waals surface area contributed by atoms with Crippen LogP contribution < -0.4 is 19.6 Å². The molecule has 8 heteroatoms. The number of para-hydroxylation sites is 8. The van der Waals surface area contributed by atoms with Crippen LogP contribution in [0.3, 0.4) is 0 Å². The molecule has 0 fully saturated rings. The summed E-state index contributed by atoms with van der Waals surface area (Å²) >= 11 is 7.70. The number of thiophene rings is 4. The van der Waals surface area contributed by atoms with Crippen molar-refractivity contribution in [2.75, 3.05) is 19.6 Å². The quantitative estimate of drug-likeness (QED) is 0.150. The van der Waals surface area contributed by atoms with E-state index in [1.807, 2.05) is 45.3 Å². The van der Waals surface area contributed by atoms with Crippen LogP contribution in [0.15, 0.2) is 315 Å². The van der Waals surface area contributed by atoms with Crippen molar-refractivity contribution in [2.45, 2.75) is 10.8 Å². The molecule has 90 heavy (non-hydrogen) atoms. The molecule has 0 saturated carbocycles. The summed E-state index contributed by atoms with van der Waals surface area (Å²) in [6.07, 6.45) is 0. The Morgan fingerprint density at radius 1 is 0.256 bits per heavy atom. The summed E-state index contributed by atoms with van der Waals surface area (Å²) < 4.78 is 5.08. The molecule has 19 rings (SSSR count). The first-order valence-electron chi connectivity index (χ1n) is 30.6. The van der Waals surface area contributed by atoms with Crippen molar-refractivity contribution in [3.05, 3.63) is 359 Å². The van der Waals surface area contributed by atoms with Gasteiger partial charge < -0.3 is 19.6 Å². The Morgan fingerprint density at radius 2 is 0.567 bits per heavy atom. The molecule has 6 heterocycles. The molecule has 0 bridgehead atoms. The zero-order chi connectivity index (χ0) is 59.1. The fourth-order valence-electron chi connectivity index (χ4n) is 15.3. The van der Waals surface area contributed by atoms with Gasteiger partial charge in [0.25, 0.3) is 0 Å². The van der Waals surface area contributed by atoms with Crippen LogP contribution in [-0.2, 0) is 10.8 Å². The van der Waals surface area contributed by atoms with Gasteiger partial charge in [0.05, 0.1) is 54.4 Å². The monoisotopic (exact) mass is 1220 g/mol. The second-order valence-electron chi connectivity index (χ2n) is 23.4. The van der Waals surface area contributed by atoms with E-state index in [4.69, 9.17) is 0 Å². The molecule has 0 unspecified atom stereocenters. The Hall–Kier alpha value is -10.3. The Bertz CT molecular complexity index is 5010. The molecule has 1 aliphatic carbocycles. The average Bonchev–Trinajstić information content (AvgIpc) is 1.28. The van der Waals surface area contributed by atoms with Gasteiger partial charge in [-0.05, 0) is 143 Å². The van der Waals surface area contributed by atoms with Crippen LogP contribution in [-0.4, -0.2) is 0 Å². The van der Waals surface area contributed by atoms with Gasteiger partial charge in [0.1, 0.15) is 10.0 Å². The minimum absolute atomic E-state index is 0.871. The Balaban J connectivity index is 1.00. The standard InChI is InChI=1S/C82H52N4S4/c1-5-27-53(28-6-1)83-67-43-19-15-39-61(67)81(62-40-16-20-44-68(62)83)65-51-75(85(55-31-9-3-10-32-55)71-47-25-37-59-57-35-13-23-49-73(57)87-77(59)71)90-80(65)82(63-41-17-21-45-69(63)84(54-29-7-2-8-30-54)70-46-22-18-42-64(70)82)66-52-76(89-79(66)81)86(56-33-11-4-12-34-56)72-48-26-38-60-58-36-14-24-50-74(58)88-78(60)72/h1-52H. The lowest BCUT2D eigenvalue weighted by Crippen LogP contribution is -2.47. The van der Waals surface area contributed by atoms with Crippen LogP contribution in [0.5, 0.6) is 0 Å². The van der Waals surface area contributed by atoms with Gasteiger partial charge in [-0.2, -0.15) is 0 Å². The molecule has 0 saturated heterocycles. The van der Waals surface area contributed by atoms with Crippen LogP contribution in [0.2, 0.25) is 0 Å². The molecule has 4 aromatic heterocycles. The molecule has 3 aliphatic rings. The Labute approximate surface area is 537 Å². The van der Waals surface area contributed by atoms with E-state index in [1.54, 1.807) is 0 Å². The van der Waals surface area contributed by atoms with Crippen molar-refractivity contribution in [3.8, 4) is 0 Å². The molecule has 2 spiro atoms. The second kappa shape index (κ2) is 20.1. The highest BCUT2D eigenvalue weighted by Gasteiger charge is 2.62. The number of hydrogen-bond acceptors (Lipinski definition) is 8. The van der Waals surface area contributed by atoms with Gasteiger partial charge in [-0.25, -0.2) is 0 Å². The molecular formula is C82H52N4S4. The van der Waals surface area contributed by atoms with Gasteiger partial charge >= 0.3 is 0 Å². The second-order valence-corrected chi connectivity index (χ2v) is 27.6. The molecule has 0 atom stereocenters. The molecular weight excluding hydrogens is 1170 g/mol. The van der Waals surface area contributed by atoms with Crippen molar-refractivity contribution < 1.29 is 0 Å². The SMILES string of the molecule is c1ccc(N2c3ccccc3C3(c4ccccc42)c2cc(N(c4ccccc4)c4cccc5c4sc4ccccc45)sc2C2(c4ccccc4N(c4ccccc4)c4ccccc42)c2cc(N(c4ccccc4)c4cccc5c4sc4ccccc45)sc23)cc1. The van der Waals surface area contributed by atoms with Crippen molar-refractivity contribution in [3.63, 3.8) is 0 Å². The molecule has 0 radical (unpaired) electrons. The molecule has 4 nitrogen and oxygen atoms in total. The average molecular weight is 1220 g/mol. The maximum atomic E-state index is 2.64. The Kier molecular flexibility index (Phi) is 11.5. The van der Waals surface area contributed by atoms with Gasteiger partial charge in [0.2, 0.25) is 0 Å².